The summed E-state index contributed by atoms with van der Waals surface area (Å²) in [6.07, 6.45) is 7.22. The first-order valence-corrected chi connectivity index (χ1v) is 12.8. The van der Waals surface area contributed by atoms with Crippen molar-refractivity contribution in [2.45, 2.75) is 50.6 Å². The smallest absolute Gasteiger partial charge is 0.337 e. The van der Waals surface area contributed by atoms with Gasteiger partial charge in [0.15, 0.2) is 0 Å². The molecule has 6 heteroatoms. The van der Waals surface area contributed by atoms with Crippen molar-refractivity contribution >= 4 is 28.3 Å². The summed E-state index contributed by atoms with van der Waals surface area (Å²) in [5.74, 6) is -0.928. The van der Waals surface area contributed by atoms with Crippen LogP contribution in [0.5, 0.6) is 0 Å². The van der Waals surface area contributed by atoms with Crippen LogP contribution in [0.4, 0.5) is 5.69 Å². The number of hydrogen-bond acceptors (Lipinski definition) is 4. The number of hydrogen-bond donors (Lipinski definition) is 3. The lowest BCUT2D eigenvalue weighted by atomic mass is 9.80. The fourth-order valence-electron chi connectivity index (χ4n) is 5.45. The van der Waals surface area contributed by atoms with Crippen molar-refractivity contribution in [2.24, 2.45) is 0 Å². The molecule has 0 aliphatic heterocycles. The fraction of sp³-hybridized carbons (Fsp3) is 0.258. The number of pyridine rings is 1. The summed E-state index contributed by atoms with van der Waals surface area (Å²) >= 11 is 0. The van der Waals surface area contributed by atoms with Crippen LogP contribution in [0.2, 0.25) is 0 Å². The molecule has 1 aliphatic rings. The molecule has 188 valence electrons. The number of nitrogens with zero attached hydrogens (tertiary/aromatic N) is 1. The topological polar surface area (TPSA) is 91.3 Å². The molecule has 0 radical (unpaired) electrons. The standard InChI is InChI=1S/C31H31N3O3/c1-20(28-11-5-7-22-6-2-3-10-29(22)28)33-26-9-4-8-24(16-26)21-12-14-23(15-13-21)30(35)34-27-17-25(31(36)37)18-32-19-27/h2-3,5-7,10-15,17-20,24,26,33H,4,8-9,16H2,1H3,(H,34,35)(H,36,37)/t20-,24+,26+/m1/s1. The molecule has 1 saturated carbocycles. The highest BCUT2D eigenvalue weighted by Crippen LogP contribution is 2.34. The van der Waals surface area contributed by atoms with E-state index < -0.39 is 5.97 Å². The van der Waals surface area contributed by atoms with Crippen LogP contribution >= 0.6 is 0 Å². The number of fused-ring (bicyclic) bond motifs is 1. The summed E-state index contributed by atoms with van der Waals surface area (Å²) in [7, 11) is 0. The van der Waals surface area contributed by atoms with Gasteiger partial charge in [0.05, 0.1) is 17.4 Å². The molecule has 3 aromatic carbocycles. The van der Waals surface area contributed by atoms with E-state index in [0.717, 1.165) is 19.3 Å². The first-order valence-electron chi connectivity index (χ1n) is 12.8. The Morgan fingerprint density at radius 3 is 2.54 bits per heavy atom. The van der Waals surface area contributed by atoms with Gasteiger partial charge in [0.25, 0.3) is 5.91 Å². The average molecular weight is 494 g/mol. The number of carbonyl (C=O) groups excluding carboxylic acids is 1. The first kappa shape index (κ1) is 24.7. The van der Waals surface area contributed by atoms with Gasteiger partial charge in [-0.1, -0.05) is 61.0 Å². The minimum atomic E-state index is -1.08. The predicted molar refractivity (Wildman–Crippen MR) is 146 cm³/mol. The summed E-state index contributed by atoms with van der Waals surface area (Å²) in [5.41, 5.74) is 3.49. The summed E-state index contributed by atoms with van der Waals surface area (Å²) in [6, 6.07) is 24.9. The van der Waals surface area contributed by atoms with E-state index in [2.05, 4.69) is 65.0 Å². The normalized spacial score (nSPS) is 18.3. The maximum atomic E-state index is 12.7. The molecule has 1 heterocycles. The second-order valence-corrected chi connectivity index (χ2v) is 9.86. The molecule has 3 N–H and O–H groups in total. The van der Waals surface area contributed by atoms with Gasteiger partial charge in [-0.05, 0) is 72.2 Å². The Morgan fingerprint density at radius 2 is 1.73 bits per heavy atom. The molecule has 0 unspecified atom stereocenters. The lowest BCUT2D eigenvalue weighted by Crippen LogP contribution is -2.35. The lowest BCUT2D eigenvalue weighted by Gasteiger charge is -2.32. The van der Waals surface area contributed by atoms with Gasteiger partial charge in [-0.2, -0.15) is 0 Å². The SMILES string of the molecule is C[C@@H](N[C@H]1CCC[C@H](c2ccc(C(=O)Nc3cncc(C(=O)O)c3)cc2)C1)c1cccc2ccccc12. The second-order valence-electron chi connectivity index (χ2n) is 9.86. The van der Waals surface area contributed by atoms with Crippen molar-refractivity contribution in [1.82, 2.24) is 10.3 Å². The molecule has 5 rings (SSSR count). The van der Waals surface area contributed by atoms with Crippen molar-refractivity contribution < 1.29 is 14.7 Å². The number of carboxylic acid groups (broad SMARTS) is 1. The van der Waals surface area contributed by atoms with E-state index in [1.807, 2.05) is 24.3 Å². The van der Waals surface area contributed by atoms with Gasteiger partial charge >= 0.3 is 5.97 Å². The van der Waals surface area contributed by atoms with E-state index in [-0.39, 0.29) is 17.5 Å². The van der Waals surface area contributed by atoms with Gasteiger partial charge in [0, 0.05) is 23.8 Å². The molecule has 37 heavy (non-hydrogen) atoms. The van der Waals surface area contributed by atoms with Gasteiger partial charge in [0.2, 0.25) is 0 Å². The lowest BCUT2D eigenvalue weighted by molar-refractivity contribution is 0.0696. The van der Waals surface area contributed by atoms with E-state index in [1.165, 1.54) is 46.8 Å². The molecule has 1 amide bonds. The number of rotatable bonds is 7. The highest BCUT2D eigenvalue weighted by molar-refractivity contribution is 6.04. The van der Waals surface area contributed by atoms with Crippen LogP contribution in [0.25, 0.3) is 10.8 Å². The van der Waals surface area contributed by atoms with Crippen LogP contribution in [0, 0.1) is 0 Å². The van der Waals surface area contributed by atoms with Crippen molar-refractivity contribution in [3.05, 3.63) is 107 Å². The molecule has 1 aromatic heterocycles. The highest BCUT2D eigenvalue weighted by atomic mass is 16.4. The number of nitrogens with one attached hydrogen (secondary N) is 2. The van der Waals surface area contributed by atoms with Gasteiger partial charge in [-0.25, -0.2) is 4.79 Å². The third-order valence-electron chi connectivity index (χ3n) is 7.34. The van der Waals surface area contributed by atoms with E-state index in [1.54, 1.807) is 0 Å². The summed E-state index contributed by atoms with van der Waals surface area (Å²) in [6.45, 7) is 2.25. The number of anilines is 1. The van der Waals surface area contributed by atoms with Crippen LogP contribution in [-0.4, -0.2) is 28.0 Å². The third-order valence-corrected chi connectivity index (χ3v) is 7.34. The van der Waals surface area contributed by atoms with Crippen LogP contribution in [0.15, 0.2) is 85.2 Å². The Bertz CT molecular complexity index is 1410. The van der Waals surface area contributed by atoms with Gasteiger partial charge in [-0.15, -0.1) is 0 Å². The Balaban J connectivity index is 1.22. The number of benzene rings is 3. The van der Waals surface area contributed by atoms with E-state index in [9.17, 15) is 9.59 Å². The number of carboxylic acids is 1. The van der Waals surface area contributed by atoms with Gasteiger partial charge in [-0.3, -0.25) is 9.78 Å². The zero-order valence-corrected chi connectivity index (χ0v) is 20.9. The highest BCUT2D eigenvalue weighted by Gasteiger charge is 2.25. The maximum absolute atomic E-state index is 12.7. The minimum absolute atomic E-state index is 0.0309. The third kappa shape index (κ3) is 5.70. The largest absolute Gasteiger partial charge is 0.478 e. The Kier molecular flexibility index (Phi) is 7.28. The molecule has 0 saturated heterocycles. The van der Waals surface area contributed by atoms with Crippen LogP contribution in [0.3, 0.4) is 0 Å². The summed E-state index contributed by atoms with van der Waals surface area (Å²) in [4.78, 5) is 27.7. The van der Waals surface area contributed by atoms with Crippen molar-refractivity contribution in [3.8, 4) is 0 Å². The summed E-state index contributed by atoms with van der Waals surface area (Å²) in [5, 5.41) is 18.3. The number of aromatic nitrogens is 1. The summed E-state index contributed by atoms with van der Waals surface area (Å²) < 4.78 is 0. The Morgan fingerprint density at radius 1 is 0.946 bits per heavy atom. The van der Waals surface area contributed by atoms with Crippen LogP contribution in [-0.2, 0) is 0 Å². The second kappa shape index (κ2) is 10.9. The molecule has 1 aliphatic carbocycles. The first-order chi connectivity index (χ1) is 18.0. The molecular weight excluding hydrogens is 462 g/mol. The Hall–Kier alpha value is -4.03. The molecule has 1 fully saturated rings. The van der Waals surface area contributed by atoms with Crippen LogP contribution in [0.1, 0.15) is 76.4 Å². The molecular formula is C31H31N3O3. The van der Waals surface area contributed by atoms with Gasteiger partial charge < -0.3 is 15.7 Å². The molecule has 4 aromatic rings. The van der Waals surface area contributed by atoms with Crippen molar-refractivity contribution in [3.63, 3.8) is 0 Å². The number of carbonyl (C=O) groups is 2. The van der Waals surface area contributed by atoms with Crippen molar-refractivity contribution in [2.75, 3.05) is 5.32 Å². The van der Waals surface area contributed by atoms with E-state index in [0.29, 0.717) is 23.2 Å². The van der Waals surface area contributed by atoms with Crippen LogP contribution < -0.4 is 10.6 Å². The molecule has 3 atom stereocenters. The van der Waals surface area contributed by atoms with Crippen molar-refractivity contribution in [1.29, 1.82) is 0 Å². The minimum Gasteiger partial charge on any atom is -0.478 e. The predicted octanol–water partition coefficient (Wildman–Crippen LogP) is 6.56. The Labute approximate surface area is 216 Å². The molecule has 0 spiro atoms. The quantitative estimate of drug-likeness (QED) is 0.271. The van der Waals surface area contributed by atoms with E-state index >= 15 is 0 Å². The molecule has 0 bridgehead atoms. The van der Waals surface area contributed by atoms with E-state index in [4.69, 9.17) is 5.11 Å². The zero-order valence-electron chi connectivity index (χ0n) is 20.9. The maximum Gasteiger partial charge on any atom is 0.337 e. The number of amides is 1. The fourth-order valence-corrected chi connectivity index (χ4v) is 5.45. The molecule has 6 nitrogen and oxygen atoms in total. The zero-order chi connectivity index (χ0) is 25.8. The average Bonchev–Trinajstić information content (AvgIpc) is 2.93. The number of aromatic carboxylic acids is 1. The monoisotopic (exact) mass is 493 g/mol. The van der Waals surface area contributed by atoms with Gasteiger partial charge in [0.1, 0.15) is 0 Å².